The van der Waals surface area contributed by atoms with Crippen LogP contribution in [0.4, 0.5) is 0 Å². The Bertz CT molecular complexity index is 376. The van der Waals surface area contributed by atoms with E-state index in [0.29, 0.717) is 6.61 Å². The molecule has 0 aromatic heterocycles. The minimum Gasteiger partial charge on any atom is -0.463 e. The molecule has 0 heterocycles. The van der Waals surface area contributed by atoms with Gasteiger partial charge in [-0.2, -0.15) is 0 Å². The minimum absolute atomic E-state index is 0.347. The van der Waals surface area contributed by atoms with Crippen molar-refractivity contribution in [1.29, 1.82) is 0 Å². The van der Waals surface area contributed by atoms with Crippen molar-refractivity contribution < 1.29 is 9.53 Å². The molecule has 90 valence electrons. The average Bonchev–Trinajstić information content (AvgIpc) is 2.38. The zero-order chi connectivity index (χ0) is 12.5. The Morgan fingerprint density at radius 3 is 2.47 bits per heavy atom. The number of unbranched alkanes of at least 4 members (excludes halogenated alkanes) is 1. The molecule has 0 saturated carbocycles. The van der Waals surface area contributed by atoms with Gasteiger partial charge in [0, 0.05) is 6.08 Å². The van der Waals surface area contributed by atoms with Gasteiger partial charge in [0.2, 0.25) is 0 Å². The third kappa shape index (κ3) is 5.16. The number of esters is 1. The lowest BCUT2D eigenvalue weighted by molar-refractivity contribution is -0.137. The molecule has 1 rings (SSSR count). The molecule has 0 aliphatic carbocycles. The van der Waals surface area contributed by atoms with Gasteiger partial charge in [-0.3, -0.25) is 0 Å². The zero-order valence-electron chi connectivity index (χ0n) is 10.0. The normalized spacial score (nSPS) is 9.65. The van der Waals surface area contributed by atoms with E-state index in [1.54, 1.807) is 0 Å². The van der Waals surface area contributed by atoms with Crippen molar-refractivity contribution in [3.63, 3.8) is 0 Å². The van der Waals surface area contributed by atoms with Gasteiger partial charge in [-0.1, -0.05) is 43.5 Å². The summed E-state index contributed by atoms with van der Waals surface area (Å²) in [7, 11) is 0. The highest BCUT2D eigenvalue weighted by atomic mass is 16.5. The van der Waals surface area contributed by atoms with Crippen LogP contribution in [0.2, 0.25) is 0 Å². The van der Waals surface area contributed by atoms with Gasteiger partial charge in [-0.05, 0) is 30.4 Å². The van der Waals surface area contributed by atoms with Crippen LogP contribution in [0.15, 0.2) is 43.5 Å². The fourth-order valence-electron chi connectivity index (χ4n) is 1.48. The lowest BCUT2D eigenvalue weighted by Crippen LogP contribution is -2.02. The van der Waals surface area contributed by atoms with Crippen molar-refractivity contribution in [2.24, 2.45) is 0 Å². The number of carbonyl (C=O) groups excluding carboxylic acids is 1. The van der Waals surface area contributed by atoms with E-state index in [0.717, 1.165) is 24.8 Å². The zero-order valence-corrected chi connectivity index (χ0v) is 10.0. The van der Waals surface area contributed by atoms with Gasteiger partial charge in [0.15, 0.2) is 0 Å². The lowest BCUT2D eigenvalue weighted by atomic mass is 10.1. The Morgan fingerprint density at radius 2 is 1.88 bits per heavy atom. The highest BCUT2D eigenvalue weighted by Gasteiger charge is 1.96. The van der Waals surface area contributed by atoms with E-state index in [4.69, 9.17) is 4.74 Å². The Balaban J connectivity index is 2.19. The SMILES string of the molecule is C=CC(=O)OCCCCc1ccc(C=C)cc1. The molecule has 0 spiro atoms. The van der Waals surface area contributed by atoms with E-state index in [-0.39, 0.29) is 5.97 Å². The number of rotatable bonds is 7. The maximum absolute atomic E-state index is 10.8. The first-order valence-electron chi connectivity index (χ1n) is 5.77. The molecular weight excluding hydrogens is 212 g/mol. The summed E-state index contributed by atoms with van der Waals surface area (Å²) in [5, 5.41) is 0. The van der Waals surface area contributed by atoms with E-state index in [9.17, 15) is 4.79 Å². The van der Waals surface area contributed by atoms with Crippen LogP contribution >= 0.6 is 0 Å². The molecule has 0 N–H and O–H groups in total. The summed E-state index contributed by atoms with van der Waals surface area (Å²) in [4.78, 5) is 10.8. The number of hydrogen-bond donors (Lipinski definition) is 0. The summed E-state index contributed by atoms with van der Waals surface area (Å²) in [5.74, 6) is -0.347. The van der Waals surface area contributed by atoms with Gasteiger partial charge < -0.3 is 4.74 Å². The predicted octanol–water partition coefficient (Wildman–Crippen LogP) is 3.38. The first kappa shape index (κ1) is 13.2. The molecule has 0 fully saturated rings. The molecule has 0 amide bonds. The summed E-state index contributed by atoms with van der Waals surface area (Å²) >= 11 is 0. The second-order valence-corrected chi connectivity index (χ2v) is 3.77. The van der Waals surface area contributed by atoms with Crippen molar-refractivity contribution >= 4 is 12.0 Å². The fraction of sp³-hybridized carbons (Fsp3) is 0.267. The Kier molecular flexibility index (Phi) is 5.80. The third-order valence-corrected chi connectivity index (χ3v) is 2.49. The average molecular weight is 230 g/mol. The fourth-order valence-corrected chi connectivity index (χ4v) is 1.48. The Labute approximate surface area is 103 Å². The van der Waals surface area contributed by atoms with Crippen LogP contribution in [0.1, 0.15) is 24.0 Å². The molecule has 17 heavy (non-hydrogen) atoms. The van der Waals surface area contributed by atoms with Gasteiger partial charge in [-0.15, -0.1) is 0 Å². The maximum Gasteiger partial charge on any atom is 0.330 e. The number of benzene rings is 1. The van der Waals surface area contributed by atoms with Crippen molar-refractivity contribution in [2.45, 2.75) is 19.3 Å². The number of ether oxygens (including phenoxy) is 1. The summed E-state index contributed by atoms with van der Waals surface area (Å²) < 4.78 is 4.90. The molecule has 1 aromatic rings. The molecule has 0 atom stereocenters. The van der Waals surface area contributed by atoms with Crippen molar-refractivity contribution in [3.8, 4) is 0 Å². The highest BCUT2D eigenvalue weighted by Crippen LogP contribution is 2.08. The second kappa shape index (κ2) is 7.44. The number of aryl methyl sites for hydroxylation is 1. The number of carbonyl (C=O) groups is 1. The van der Waals surface area contributed by atoms with Crippen LogP contribution < -0.4 is 0 Å². The Hall–Kier alpha value is -1.83. The molecular formula is C15H18O2. The molecule has 2 heteroatoms. The van der Waals surface area contributed by atoms with Gasteiger partial charge in [0.05, 0.1) is 6.61 Å². The van der Waals surface area contributed by atoms with Crippen LogP contribution in [-0.2, 0) is 16.0 Å². The summed E-state index contributed by atoms with van der Waals surface area (Å²) in [6, 6.07) is 8.32. The van der Waals surface area contributed by atoms with Crippen LogP contribution in [0.25, 0.3) is 6.08 Å². The van der Waals surface area contributed by atoms with Crippen LogP contribution in [0.3, 0.4) is 0 Å². The highest BCUT2D eigenvalue weighted by molar-refractivity contribution is 5.81. The van der Waals surface area contributed by atoms with Crippen molar-refractivity contribution in [1.82, 2.24) is 0 Å². The molecule has 0 saturated heterocycles. The molecule has 1 aromatic carbocycles. The third-order valence-electron chi connectivity index (χ3n) is 2.49. The van der Waals surface area contributed by atoms with E-state index >= 15 is 0 Å². The Morgan fingerprint density at radius 1 is 1.18 bits per heavy atom. The molecule has 0 bridgehead atoms. The molecule has 0 radical (unpaired) electrons. The van der Waals surface area contributed by atoms with Gasteiger partial charge in [0.25, 0.3) is 0 Å². The van der Waals surface area contributed by atoms with Crippen LogP contribution in [0, 0.1) is 0 Å². The molecule has 2 nitrogen and oxygen atoms in total. The van der Waals surface area contributed by atoms with Gasteiger partial charge in [-0.25, -0.2) is 4.79 Å². The largest absolute Gasteiger partial charge is 0.463 e. The first-order valence-corrected chi connectivity index (χ1v) is 5.77. The van der Waals surface area contributed by atoms with Crippen molar-refractivity contribution in [3.05, 3.63) is 54.6 Å². The maximum atomic E-state index is 10.8. The van der Waals surface area contributed by atoms with Crippen molar-refractivity contribution in [2.75, 3.05) is 6.61 Å². The minimum atomic E-state index is -0.347. The summed E-state index contributed by atoms with van der Waals surface area (Å²) in [6.07, 6.45) is 5.91. The quantitative estimate of drug-likeness (QED) is 0.408. The second-order valence-electron chi connectivity index (χ2n) is 3.77. The molecule has 0 aliphatic rings. The molecule has 0 aliphatic heterocycles. The van der Waals surface area contributed by atoms with Gasteiger partial charge >= 0.3 is 5.97 Å². The predicted molar refractivity (Wildman–Crippen MR) is 70.6 cm³/mol. The lowest BCUT2D eigenvalue weighted by Gasteiger charge is -2.03. The van der Waals surface area contributed by atoms with Crippen LogP contribution in [0.5, 0.6) is 0 Å². The topological polar surface area (TPSA) is 26.3 Å². The van der Waals surface area contributed by atoms with E-state index in [1.807, 2.05) is 6.08 Å². The first-order chi connectivity index (χ1) is 8.26. The summed E-state index contributed by atoms with van der Waals surface area (Å²) in [6.45, 7) is 7.52. The van der Waals surface area contributed by atoms with Gasteiger partial charge in [0.1, 0.15) is 0 Å². The standard InChI is InChI=1S/C15H18O2/c1-3-13-8-10-14(11-9-13)7-5-6-12-17-15(16)4-2/h3-4,8-11H,1-2,5-7,12H2. The smallest absolute Gasteiger partial charge is 0.330 e. The van der Waals surface area contributed by atoms with E-state index < -0.39 is 0 Å². The van der Waals surface area contributed by atoms with E-state index in [1.165, 1.54) is 11.6 Å². The summed E-state index contributed by atoms with van der Waals surface area (Å²) in [5.41, 5.74) is 2.43. The van der Waals surface area contributed by atoms with E-state index in [2.05, 4.69) is 37.4 Å². The number of hydrogen-bond acceptors (Lipinski definition) is 2. The van der Waals surface area contributed by atoms with Crippen LogP contribution in [-0.4, -0.2) is 12.6 Å². The molecule has 0 unspecified atom stereocenters. The monoisotopic (exact) mass is 230 g/mol.